The van der Waals surface area contributed by atoms with Gasteiger partial charge in [-0.25, -0.2) is 19.7 Å². The lowest BCUT2D eigenvalue weighted by Gasteiger charge is -2.05. The number of carboxylic acids is 1. The summed E-state index contributed by atoms with van der Waals surface area (Å²) in [7, 11) is 0. The Labute approximate surface area is 140 Å². The van der Waals surface area contributed by atoms with Gasteiger partial charge in [0.1, 0.15) is 21.5 Å². The van der Waals surface area contributed by atoms with E-state index in [9.17, 15) is 9.90 Å². The van der Waals surface area contributed by atoms with Crippen LogP contribution in [0.4, 0.5) is 5.82 Å². The lowest BCUT2D eigenvalue weighted by atomic mass is 10.2. The summed E-state index contributed by atoms with van der Waals surface area (Å²) in [5.41, 5.74) is 7.34. The summed E-state index contributed by atoms with van der Waals surface area (Å²) in [5, 5.41) is 10.5. The normalized spacial score (nSPS) is 11.0. The van der Waals surface area contributed by atoms with Gasteiger partial charge in [0.05, 0.1) is 16.7 Å². The van der Waals surface area contributed by atoms with Crippen LogP contribution in [0.3, 0.4) is 0 Å². The molecule has 0 aromatic carbocycles. The first-order valence-electron chi connectivity index (χ1n) is 6.80. The van der Waals surface area contributed by atoms with Gasteiger partial charge in [0.15, 0.2) is 0 Å². The summed E-state index contributed by atoms with van der Waals surface area (Å²) >= 11 is 2.88. The molecule has 0 bridgehead atoms. The van der Waals surface area contributed by atoms with Crippen LogP contribution in [0.2, 0.25) is 0 Å². The molecule has 8 heteroatoms. The number of aryl methyl sites for hydroxylation is 2. The van der Waals surface area contributed by atoms with Crippen molar-refractivity contribution in [3.05, 3.63) is 40.2 Å². The van der Waals surface area contributed by atoms with Crippen molar-refractivity contribution in [1.82, 2.24) is 15.0 Å². The van der Waals surface area contributed by atoms with E-state index in [1.165, 1.54) is 22.7 Å². The summed E-state index contributed by atoms with van der Waals surface area (Å²) in [6.07, 6.45) is 1.57. The van der Waals surface area contributed by atoms with E-state index in [1.54, 1.807) is 23.6 Å². The lowest BCUT2D eigenvalue weighted by molar-refractivity contribution is 0.0692. The number of nitrogens with two attached hydrogens (primary N) is 1. The molecule has 0 radical (unpaired) electrons. The Hall–Kier alpha value is -2.19. The molecule has 3 aromatic heterocycles. The molecular formula is C15H14N4O2S2. The molecule has 0 amide bonds. The minimum atomic E-state index is -0.999. The largest absolute Gasteiger partial charge is 0.478 e. The number of pyridine rings is 1. The molecule has 0 spiro atoms. The summed E-state index contributed by atoms with van der Waals surface area (Å²) < 4.78 is 0. The molecule has 3 N–H and O–H groups in total. The number of rotatable bonds is 4. The van der Waals surface area contributed by atoms with Gasteiger partial charge in [0, 0.05) is 11.1 Å². The van der Waals surface area contributed by atoms with E-state index in [-0.39, 0.29) is 5.56 Å². The summed E-state index contributed by atoms with van der Waals surface area (Å²) in [4.78, 5) is 26.2. The van der Waals surface area contributed by atoms with Crippen LogP contribution in [-0.4, -0.2) is 26.0 Å². The number of carboxylic acid groups (broad SMARTS) is 1. The molecule has 0 unspecified atom stereocenters. The monoisotopic (exact) mass is 346 g/mol. The first kappa shape index (κ1) is 15.7. The standard InChI is InChI=1S/C15H14N4O2S2/c1-7-8(2)23-14-11(7)12(16)18-10(19-14)6-22-13-9(15(20)21)4-3-5-17-13/h3-5H,6H2,1-2H3,(H,20,21)(H2,16,18,19). The van der Waals surface area contributed by atoms with E-state index in [4.69, 9.17) is 5.73 Å². The summed E-state index contributed by atoms with van der Waals surface area (Å²) in [6.45, 7) is 4.04. The number of fused-ring (bicyclic) bond motifs is 1. The highest BCUT2D eigenvalue weighted by Gasteiger charge is 2.15. The number of aromatic nitrogens is 3. The third-order valence-corrected chi connectivity index (χ3v) is 5.54. The van der Waals surface area contributed by atoms with Crippen molar-refractivity contribution in [3.63, 3.8) is 0 Å². The highest BCUT2D eigenvalue weighted by Crippen LogP contribution is 2.33. The minimum Gasteiger partial charge on any atom is -0.478 e. The van der Waals surface area contributed by atoms with Gasteiger partial charge < -0.3 is 10.8 Å². The van der Waals surface area contributed by atoms with Gasteiger partial charge in [0.2, 0.25) is 0 Å². The fourth-order valence-corrected chi connectivity index (χ4v) is 4.09. The molecular weight excluding hydrogens is 332 g/mol. The molecule has 0 aliphatic heterocycles. The zero-order chi connectivity index (χ0) is 16.6. The zero-order valence-electron chi connectivity index (χ0n) is 12.5. The Morgan fingerprint density at radius 3 is 2.91 bits per heavy atom. The number of anilines is 1. The Morgan fingerprint density at radius 2 is 2.17 bits per heavy atom. The third-order valence-electron chi connectivity index (χ3n) is 3.44. The van der Waals surface area contributed by atoms with E-state index in [0.717, 1.165) is 15.8 Å². The van der Waals surface area contributed by atoms with E-state index in [0.29, 0.717) is 22.4 Å². The van der Waals surface area contributed by atoms with Crippen LogP contribution in [0.25, 0.3) is 10.2 Å². The average Bonchev–Trinajstić information content (AvgIpc) is 2.80. The van der Waals surface area contributed by atoms with E-state index < -0.39 is 5.97 Å². The fraction of sp³-hybridized carbons (Fsp3) is 0.200. The number of hydrogen-bond donors (Lipinski definition) is 2. The van der Waals surface area contributed by atoms with Crippen molar-refractivity contribution < 1.29 is 9.90 Å². The van der Waals surface area contributed by atoms with Crippen LogP contribution in [0.5, 0.6) is 0 Å². The second-order valence-electron chi connectivity index (χ2n) is 4.94. The van der Waals surface area contributed by atoms with Gasteiger partial charge in [-0.15, -0.1) is 11.3 Å². The maximum Gasteiger partial charge on any atom is 0.338 e. The quantitative estimate of drug-likeness (QED) is 0.699. The SMILES string of the molecule is Cc1sc2nc(CSc3ncccc3C(=O)O)nc(N)c2c1C. The van der Waals surface area contributed by atoms with Gasteiger partial charge >= 0.3 is 5.97 Å². The molecule has 0 saturated carbocycles. The van der Waals surface area contributed by atoms with Crippen LogP contribution in [0, 0.1) is 13.8 Å². The van der Waals surface area contributed by atoms with Crippen molar-refractivity contribution in [2.75, 3.05) is 5.73 Å². The molecule has 6 nitrogen and oxygen atoms in total. The molecule has 3 heterocycles. The smallest absolute Gasteiger partial charge is 0.338 e. The second-order valence-corrected chi connectivity index (χ2v) is 7.11. The number of nitrogens with zero attached hydrogens (tertiary/aromatic N) is 3. The van der Waals surface area contributed by atoms with Crippen molar-refractivity contribution in [1.29, 1.82) is 0 Å². The van der Waals surface area contributed by atoms with Gasteiger partial charge in [-0.05, 0) is 31.5 Å². The second kappa shape index (κ2) is 6.13. The Bertz CT molecular complexity index is 908. The first-order chi connectivity index (χ1) is 11.0. The van der Waals surface area contributed by atoms with Crippen LogP contribution in [-0.2, 0) is 5.75 Å². The molecule has 0 atom stereocenters. The number of carbonyl (C=O) groups is 1. The van der Waals surface area contributed by atoms with Gasteiger partial charge in [-0.1, -0.05) is 11.8 Å². The van der Waals surface area contributed by atoms with E-state index in [2.05, 4.69) is 15.0 Å². The average molecular weight is 346 g/mol. The number of aromatic carboxylic acids is 1. The molecule has 3 rings (SSSR count). The molecule has 23 heavy (non-hydrogen) atoms. The molecule has 118 valence electrons. The highest BCUT2D eigenvalue weighted by molar-refractivity contribution is 7.98. The summed E-state index contributed by atoms with van der Waals surface area (Å²) in [5.74, 6) is 0.448. The van der Waals surface area contributed by atoms with Crippen LogP contribution < -0.4 is 5.73 Å². The van der Waals surface area contributed by atoms with E-state index >= 15 is 0 Å². The molecule has 0 fully saturated rings. The fourth-order valence-electron chi connectivity index (χ4n) is 2.19. The predicted molar refractivity (Wildman–Crippen MR) is 92.1 cm³/mol. The van der Waals surface area contributed by atoms with Gasteiger partial charge in [0.25, 0.3) is 0 Å². The Balaban J connectivity index is 1.90. The topological polar surface area (TPSA) is 102 Å². The summed E-state index contributed by atoms with van der Waals surface area (Å²) in [6, 6.07) is 3.13. The number of thiophene rings is 1. The minimum absolute atomic E-state index is 0.175. The lowest BCUT2D eigenvalue weighted by Crippen LogP contribution is -2.02. The number of nitrogen functional groups attached to an aromatic ring is 1. The zero-order valence-corrected chi connectivity index (χ0v) is 14.2. The van der Waals surface area contributed by atoms with Crippen LogP contribution in [0.1, 0.15) is 26.6 Å². The Kier molecular flexibility index (Phi) is 4.18. The maximum atomic E-state index is 11.2. The number of thioether (sulfide) groups is 1. The van der Waals surface area contributed by atoms with Gasteiger partial charge in [-0.3, -0.25) is 0 Å². The molecule has 3 aromatic rings. The Morgan fingerprint density at radius 1 is 1.39 bits per heavy atom. The van der Waals surface area contributed by atoms with E-state index in [1.807, 2.05) is 13.8 Å². The highest BCUT2D eigenvalue weighted by atomic mass is 32.2. The third kappa shape index (κ3) is 2.99. The van der Waals surface area contributed by atoms with Crippen molar-refractivity contribution >= 4 is 45.1 Å². The number of hydrogen-bond acceptors (Lipinski definition) is 7. The predicted octanol–water partition coefficient (Wildman–Crippen LogP) is 3.28. The van der Waals surface area contributed by atoms with Crippen molar-refractivity contribution in [3.8, 4) is 0 Å². The first-order valence-corrected chi connectivity index (χ1v) is 8.60. The van der Waals surface area contributed by atoms with Crippen LogP contribution >= 0.6 is 23.1 Å². The van der Waals surface area contributed by atoms with Crippen molar-refractivity contribution in [2.24, 2.45) is 0 Å². The van der Waals surface area contributed by atoms with Crippen molar-refractivity contribution in [2.45, 2.75) is 24.6 Å². The molecule has 0 aliphatic rings. The molecule has 0 saturated heterocycles. The van der Waals surface area contributed by atoms with Gasteiger partial charge in [-0.2, -0.15) is 0 Å². The molecule has 0 aliphatic carbocycles. The van der Waals surface area contributed by atoms with Crippen LogP contribution in [0.15, 0.2) is 23.4 Å². The maximum absolute atomic E-state index is 11.2.